The van der Waals surface area contributed by atoms with Gasteiger partial charge in [-0.2, -0.15) is 0 Å². The molecule has 0 saturated heterocycles. The van der Waals surface area contributed by atoms with Crippen molar-refractivity contribution in [1.29, 1.82) is 0 Å². The third kappa shape index (κ3) is 414. The van der Waals surface area contributed by atoms with E-state index < -0.39 is 0 Å². The van der Waals surface area contributed by atoms with Gasteiger partial charge >= 0.3 is 29.6 Å². The number of thiol groups is 2. The molecule has 50 valence electrons. The summed E-state index contributed by atoms with van der Waals surface area (Å²) < 4.78 is 0. The fourth-order valence-corrected chi connectivity index (χ4v) is 0. The Morgan fingerprint density at radius 3 is 1.00 bits per heavy atom. The molecule has 0 rings (SSSR count). The van der Waals surface area contributed by atoms with Crippen molar-refractivity contribution >= 4 is 65.0 Å². The predicted molar refractivity (Wildman–Crippen MR) is 46.5 cm³/mol. The molecule has 0 aliphatic rings. The monoisotopic (exact) mass is 176 g/mol. The molecular weight excluding hydrogens is 167 g/mol. The molecule has 0 radical (unpaired) electrons. The van der Waals surface area contributed by atoms with Crippen LogP contribution in [0.3, 0.4) is 0 Å². The molecule has 0 aromatic rings. The first kappa shape index (κ1) is 16.6. The van der Waals surface area contributed by atoms with E-state index in [1.807, 2.05) is 0 Å². The number of hydrogen-bond acceptors (Lipinski definition) is 2. The van der Waals surface area contributed by atoms with Gasteiger partial charge in [0, 0.05) is 13.8 Å². The van der Waals surface area contributed by atoms with E-state index in [-0.39, 0.29) is 39.8 Å². The van der Waals surface area contributed by atoms with Gasteiger partial charge in [-0.05, 0) is 0 Å². The molecule has 0 bridgehead atoms. The average Bonchev–Trinajstić information content (AvgIpc) is 1.25. The van der Waals surface area contributed by atoms with Crippen molar-refractivity contribution in [2.75, 3.05) is 0 Å². The molecule has 0 heterocycles. The third-order valence-electron chi connectivity index (χ3n) is 0. The second-order valence-corrected chi connectivity index (χ2v) is 2.30. The molecule has 5 heteroatoms. The Morgan fingerprint density at radius 2 is 1.00 bits per heavy atom. The topological polar surface area (TPSA) is 34.1 Å². The first-order valence-corrected chi connectivity index (χ1v) is 2.75. The zero-order valence-corrected chi connectivity index (χ0v) is 6.50. The second kappa shape index (κ2) is 11.8. The summed E-state index contributed by atoms with van der Waals surface area (Å²) in [4.78, 5) is 18.6. The molecule has 0 amide bonds. The summed E-state index contributed by atoms with van der Waals surface area (Å²) in [6.45, 7) is 2.78. The van der Waals surface area contributed by atoms with Crippen LogP contribution < -0.4 is 0 Å². The fourth-order valence-electron chi connectivity index (χ4n) is 0. The minimum absolute atomic E-state index is 0. The average molecular weight is 176 g/mol. The molecule has 0 atom stereocenters. The Morgan fingerprint density at radius 1 is 1.00 bits per heavy atom. The van der Waals surface area contributed by atoms with Gasteiger partial charge in [0.15, 0.2) is 10.2 Å². The first-order valence-electron chi connectivity index (χ1n) is 1.86. The van der Waals surface area contributed by atoms with E-state index >= 15 is 0 Å². The molecule has 0 unspecified atom stereocenters. The molecule has 0 aliphatic carbocycles. The summed E-state index contributed by atoms with van der Waals surface area (Å²) in [6.07, 6.45) is 0. The van der Waals surface area contributed by atoms with E-state index in [2.05, 4.69) is 25.3 Å². The quantitative estimate of drug-likeness (QED) is 0.410. The van der Waals surface area contributed by atoms with E-state index in [0.29, 0.717) is 0 Å². The third-order valence-corrected chi connectivity index (χ3v) is 0. The Hall–Kier alpha value is 1.04. The summed E-state index contributed by atoms with van der Waals surface area (Å²) in [5.74, 6) is 0. The van der Waals surface area contributed by atoms with E-state index in [0.717, 1.165) is 0 Å². The second-order valence-electron chi connectivity index (χ2n) is 1.04. The molecule has 0 spiro atoms. The number of rotatable bonds is 0. The maximum absolute atomic E-state index is 9.31. The normalized spacial score (nSPS) is 5.78. The minimum atomic E-state index is -0.139. The summed E-state index contributed by atoms with van der Waals surface area (Å²) in [6, 6.07) is 0. The van der Waals surface area contributed by atoms with Crippen LogP contribution in [0.1, 0.15) is 13.8 Å². The van der Waals surface area contributed by atoms with Crippen molar-refractivity contribution in [3.8, 4) is 0 Å². The van der Waals surface area contributed by atoms with Crippen molar-refractivity contribution in [2.45, 2.75) is 13.8 Å². The van der Waals surface area contributed by atoms with Crippen LogP contribution in [0.4, 0.5) is 0 Å². The molecule has 0 aromatic carbocycles. The number of carbonyl (C=O) groups is 2. The van der Waals surface area contributed by atoms with Crippen molar-refractivity contribution in [3.05, 3.63) is 0 Å². The molecule has 0 fully saturated rings. The van der Waals surface area contributed by atoms with E-state index in [1.54, 1.807) is 0 Å². The van der Waals surface area contributed by atoms with Crippen molar-refractivity contribution in [1.82, 2.24) is 0 Å². The summed E-state index contributed by atoms with van der Waals surface area (Å²) in [7, 11) is 0. The zero-order chi connectivity index (χ0) is 7.15. The SMILES string of the molecule is CC(=O)S.CC(=O)S.[NaH]. The maximum atomic E-state index is 9.31. The van der Waals surface area contributed by atoms with Crippen molar-refractivity contribution in [2.24, 2.45) is 0 Å². The van der Waals surface area contributed by atoms with Crippen LogP contribution in [0, 0.1) is 0 Å². The van der Waals surface area contributed by atoms with Crippen LogP contribution in [-0.4, -0.2) is 39.8 Å². The summed E-state index contributed by atoms with van der Waals surface area (Å²) in [5.41, 5.74) is 0. The van der Waals surface area contributed by atoms with Gasteiger partial charge in [-0.15, -0.1) is 25.3 Å². The standard InChI is InChI=1S/2C2H4OS.Na.H/c2*1-2(3)4;;/h2*1H3,(H,3,4);;. The van der Waals surface area contributed by atoms with E-state index in [9.17, 15) is 9.59 Å². The van der Waals surface area contributed by atoms with Crippen molar-refractivity contribution < 1.29 is 9.59 Å². The first-order chi connectivity index (χ1) is 3.46. The van der Waals surface area contributed by atoms with Gasteiger partial charge in [-0.3, -0.25) is 9.59 Å². The van der Waals surface area contributed by atoms with Gasteiger partial charge in [0.05, 0.1) is 0 Å². The van der Waals surface area contributed by atoms with E-state index in [4.69, 9.17) is 0 Å². The van der Waals surface area contributed by atoms with Gasteiger partial charge in [0.2, 0.25) is 0 Å². The van der Waals surface area contributed by atoms with Crippen molar-refractivity contribution in [3.63, 3.8) is 0 Å². The summed E-state index contributed by atoms with van der Waals surface area (Å²) >= 11 is 6.65. The van der Waals surface area contributed by atoms with Crippen LogP contribution in [0.2, 0.25) is 0 Å². The Bertz CT molecular complexity index is 74.6. The molecule has 0 saturated carbocycles. The molecule has 0 aliphatic heterocycles. The van der Waals surface area contributed by atoms with Gasteiger partial charge < -0.3 is 0 Å². The molecular formula is C4H9NaO2S2. The number of carbonyl (C=O) groups excluding carboxylic acids is 2. The van der Waals surface area contributed by atoms with Crippen LogP contribution in [0.25, 0.3) is 0 Å². The van der Waals surface area contributed by atoms with Gasteiger partial charge in [0.25, 0.3) is 0 Å². The summed E-state index contributed by atoms with van der Waals surface area (Å²) in [5, 5.41) is -0.278. The van der Waals surface area contributed by atoms with Crippen LogP contribution in [0.15, 0.2) is 0 Å². The van der Waals surface area contributed by atoms with Crippen LogP contribution >= 0.6 is 25.3 Å². The molecule has 9 heavy (non-hydrogen) atoms. The Kier molecular flexibility index (Phi) is 21.7. The fraction of sp³-hybridized carbons (Fsp3) is 0.500. The van der Waals surface area contributed by atoms with Crippen LogP contribution in [-0.2, 0) is 9.59 Å². The van der Waals surface area contributed by atoms with Gasteiger partial charge in [-0.1, -0.05) is 0 Å². The Labute approximate surface area is 87.9 Å². The molecule has 0 N–H and O–H groups in total. The van der Waals surface area contributed by atoms with Gasteiger partial charge in [0.1, 0.15) is 0 Å². The predicted octanol–water partition coefficient (Wildman–Crippen LogP) is 0.277. The van der Waals surface area contributed by atoms with Crippen LogP contribution in [0.5, 0.6) is 0 Å². The molecule has 0 aromatic heterocycles. The molecule has 2 nitrogen and oxygen atoms in total. The van der Waals surface area contributed by atoms with E-state index in [1.165, 1.54) is 13.8 Å². The Balaban J connectivity index is -0.0000000720. The van der Waals surface area contributed by atoms with Gasteiger partial charge in [-0.25, -0.2) is 0 Å². The zero-order valence-electron chi connectivity index (χ0n) is 4.71. The number of hydrogen-bond donors (Lipinski definition) is 2.